The van der Waals surface area contributed by atoms with Crippen LogP contribution >= 0.6 is 11.8 Å². The van der Waals surface area contributed by atoms with Crippen molar-refractivity contribution in [3.63, 3.8) is 0 Å². The van der Waals surface area contributed by atoms with Crippen molar-refractivity contribution < 1.29 is 0 Å². The van der Waals surface area contributed by atoms with Crippen LogP contribution in [-0.4, -0.2) is 24.8 Å². The molecule has 2 aliphatic rings. The van der Waals surface area contributed by atoms with E-state index in [1.165, 1.54) is 65.4 Å². The Balaban J connectivity index is 1.08. The van der Waals surface area contributed by atoms with E-state index in [0.29, 0.717) is 17.5 Å². The van der Waals surface area contributed by atoms with Crippen molar-refractivity contribution >= 4 is 50.0 Å². The molecule has 0 saturated carbocycles. The number of nitrogens with zero attached hydrogens (tertiary/aromatic N) is 4. The van der Waals surface area contributed by atoms with Gasteiger partial charge in [0.25, 0.3) is 0 Å². The fourth-order valence-corrected chi connectivity index (χ4v) is 9.64. The molecule has 0 saturated heterocycles. The van der Waals surface area contributed by atoms with Gasteiger partial charge in [0.1, 0.15) is 0 Å². The predicted molar refractivity (Wildman–Crippen MR) is 225 cm³/mol. The topological polar surface area (TPSA) is 43.6 Å². The number of fused-ring (bicyclic) bond motifs is 9. The summed E-state index contributed by atoms with van der Waals surface area (Å²) in [5.74, 6) is 1.98. The molecule has 9 aromatic rings. The Labute approximate surface area is 317 Å². The molecule has 4 nitrogen and oxygen atoms in total. The molecule has 11 rings (SSSR count). The SMILES string of the molecule is C1=CCC2Sc3c(-c4ccc(-c5nc(-c6ccccc6)nc(-c6ccccc6)n5)cc4)cccc3-c3cccc4c5c6ccccc6ccc5n(c34)C2=C1. The second-order valence-corrected chi connectivity index (χ2v) is 15.1. The van der Waals surface area contributed by atoms with Crippen LogP contribution in [-0.2, 0) is 0 Å². The molecule has 1 atom stereocenters. The molecule has 5 heteroatoms. The summed E-state index contributed by atoms with van der Waals surface area (Å²) in [4.78, 5) is 16.2. The zero-order valence-corrected chi connectivity index (χ0v) is 30.0. The van der Waals surface area contributed by atoms with Crippen LogP contribution in [0.4, 0.5) is 0 Å². The van der Waals surface area contributed by atoms with Crippen LogP contribution < -0.4 is 0 Å². The molecule has 54 heavy (non-hydrogen) atoms. The first-order valence-electron chi connectivity index (χ1n) is 18.4. The van der Waals surface area contributed by atoms with E-state index in [0.717, 1.165) is 23.1 Å². The maximum atomic E-state index is 4.98. The van der Waals surface area contributed by atoms with Gasteiger partial charge in [0.2, 0.25) is 0 Å². The quantitative estimate of drug-likeness (QED) is 0.183. The number of hydrogen-bond donors (Lipinski definition) is 0. The van der Waals surface area contributed by atoms with Gasteiger partial charge in [-0.15, -0.1) is 11.8 Å². The van der Waals surface area contributed by atoms with Gasteiger partial charge in [0.05, 0.1) is 16.3 Å². The lowest BCUT2D eigenvalue weighted by Crippen LogP contribution is -2.15. The van der Waals surface area contributed by atoms with Crippen LogP contribution in [0.25, 0.3) is 94.7 Å². The zero-order chi connectivity index (χ0) is 35.6. The maximum absolute atomic E-state index is 4.98. The monoisotopic (exact) mass is 708 g/mol. The van der Waals surface area contributed by atoms with Gasteiger partial charge >= 0.3 is 0 Å². The van der Waals surface area contributed by atoms with Crippen molar-refractivity contribution in [1.29, 1.82) is 0 Å². The first kappa shape index (κ1) is 31.0. The third-order valence-corrected chi connectivity index (χ3v) is 12.1. The van der Waals surface area contributed by atoms with Crippen LogP contribution in [0.2, 0.25) is 0 Å². The first-order valence-corrected chi connectivity index (χ1v) is 19.3. The molecule has 0 amide bonds. The Hall–Kier alpha value is -6.56. The highest BCUT2D eigenvalue weighted by Gasteiger charge is 2.30. The molecule has 0 radical (unpaired) electrons. The van der Waals surface area contributed by atoms with Gasteiger partial charge in [0, 0.05) is 43.6 Å². The van der Waals surface area contributed by atoms with Gasteiger partial charge in [-0.2, -0.15) is 0 Å². The van der Waals surface area contributed by atoms with E-state index >= 15 is 0 Å². The smallest absolute Gasteiger partial charge is 0.164 e. The average Bonchev–Trinajstić information content (AvgIpc) is 3.59. The summed E-state index contributed by atoms with van der Waals surface area (Å²) in [6.45, 7) is 0. The molecule has 1 aliphatic heterocycles. The standard InChI is InChI=1S/C49H32N4S/c1-3-14-33(15-4-1)47-50-48(34-16-5-2-6-17-34)52-49(51-47)35-27-25-32(26-28-35)37-19-11-21-39-38-20-12-22-40-44-36-18-8-7-13-31(36)29-30-42(44)53(45(38)40)41-23-9-10-24-43(41)54-46(37)39/h1-23,25-30,43H,24H2. The lowest BCUT2D eigenvalue weighted by Gasteiger charge is -2.29. The maximum Gasteiger partial charge on any atom is 0.164 e. The molecule has 2 aromatic heterocycles. The largest absolute Gasteiger partial charge is 0.311 e. The van der Waals surface area contributed by atoms with E-state index in [2.05, 4.69) is 120 Å². The normalized spacial score (nSPS) is 14.7. The molecule has 3 heterocycles. The van der Waals surface area contributed by atoms with E-state index in [1.807, 2.05) is 72.4 Å². The van der Waals surface area contributed by atoms with Crippen molar-refractivity contribution in [2.24, 2.45) is 0 Å². The van der Waals surface area contributed by atoms with Crippen molar-refractivity contribution in [1.82, 2.24) is 19.5 Å². The first-order chi connectivity index (χ1) is 26.8. The summed E-state index contributed by atoms with van der Waals surface area (Å²) >= 11 is 1.99. The third kappa shape index (κ3) is 4.97. The number of para-hydroxylation sites is 1. The van der Waals surface area contributed by atoms with Crippen molar-refractivity contribution in [2.75, 3.05) is 0 Å². The van der Waals surface area contributed by atoms with E-state index in [1.54, 1.807) is 0 Å². The highest BCUT2D eigenvalue weighted by Crippen LogP contribution is 2.51. The molecule has 0 spiro atoms. The number of allylic oxidation sites excluding steroid dienone is 3. The van der Waals surface area contributed by atoms with Crippen LogP contribution in [0.15, 0.2) is 181 Å². The fourth-order valence-electron chi connectivity index (χ4n) is 8.23. The highest BCUT2D eigenvalue weighted by atomic mass is 32.2. The van der Waals surface area contributed by atoms with Crippen LogP contribution in [0.3, 0.4) is 0 Å². The molecular formula is C49H32N4S. The number of aromatic nitrogens is 4. The summed E-state index contributed by atoms with van der Waals surface area (Å²) in [6, 6.07) is 56.0. The Morgan fingerprint density at radius 1 is 0.500 bits per heavy atom. The van der Waals surface area contributed by atoms with E-state index in [9.17, 15) is 0 Å². The van der Waals surface area contributed by atoms with Crippen molar-refractivity contribution in [2.45, 2.75) is 16.6 Å². The minimum absolute atomic E-state index is 0.255. The molecule has 0 fully saturated rings. The van der Waals surface area contributed by atoms with Gasteiger partial charge in [-0.25, -0.2) is 15.0 Å². The number of thioether (sulfide) groups is 1. The third-order valence-electron chi connectivity index (χ3n) is 10.7. The van der Waals surface area contributed by atoms with Crippen LogP contribution in [0.1, 0.15) is 6.42 Å². The van der Waals surface area contributed by atoms with Gasteiger partial charge in [-0.05, 0) is 46.0 Å². The summed E-state index contributed by atoms with van der Waals surface area (Å²) in [5.41, 5.74) is 11.7. The second-order valence-electron chi connectivity index (χ2n) is 13.9. The molecule has 1 aliphatic carbocycles. The number of rotatable bonds is 4. The Bertz CT molecular complexity index is 2920. The summed E-state index contributed by atoms with van der Waals surface area (Å²) in [7, 11) is 0. The van der Waals surface area contributed by atoms with Gasteiger partial charge in [0.15, 0.2) is 17.5 Å². The lowest BCUT2D eigenvalue weighted by molar-refractivity contribution is 0.992. The van der Waals surface area contributed by atoms with Gasteiger partial charge < -0.3 is 4.57 Å². The average molecular weight is 709 g/mol. The summed E-state index contributed by atoms with van der Waals surface area (Å²) in [5, 5.41) is 5.44. The molecule has 254 valence electrons. The zero-order valence-electron chi connectivity index (χ0n) is 29.2. The minimum Gasteiger partial charge on any atom is -0.311 e. The van der Waals surface area contributed by atoms with Gasteiger partial charge in [-0.3, -0.25) is 0 Å². The van der Waals surface area contributed by atoms with Crippen molar-refractivity contribution in [3.8, 4) is 56.4 Å². The Morgan fingerprint density at radius 3 is 1.83 bits per heavy atom. The number of hydrogen-bond acceptors (Lipinski definition) is 4. The minimum atomic E-state index is 0.255. The molecule has 7 aromatic carbocycles. The van der Waals surface area contributed by atoms with Crippen LogP contribution in [0.5, 0.6) is 0 Å². The Kier molecular flexibility index (Phi) is 7.20. The van der Waals surface area contributed by atoms with Crippen molar-refractivity contribution in [3.05, 3.63) is 176 Å². The second kappa shape index (κ2) is 12.5. The van der Waals surface area contributed by atoms with Crippen LogP contribution in [0, 0.1) is 0 Å². The highest BCUT2D eigenvalue weighted by molar-refractivity contribution is 8.00. The summed E-state index contributed by atoms with van der Waals surface area (Å²) < 4.78 is 2.56. The Morgan fingerprint density at radius 2 is 1.09 bits per heavy atom. The molecular weight excluding hydrogens is 677 g/mol. The predicted octanol–water partition coefficient (Wildman–Crippen LogP) is 12.7. The van der Waals surface area contributed by atoms with E-state index in [-0.39, 0.29) is 5.25 Å². The summed E-state index contributed by atoms with van der Waals surface area (Å²) in [6.07, 6.45) is 7.84. The number of benzene rings is 7. The van der Waals surface area contributed by atoms with Gasteiger partial charge in [-0.1, -0.05) is 164 Å². The van der Waals surface area contributed by atoms with E-state index in [4.69, 9.17) is 15.0 Å². The van der Waals surface area contributed by atoms with E-state index < -0.39 is 0 Å². The molecule has 0 bridgehead atoms. The lowest BCUT2D eigenvalue weighted by atomic mass is 9.95. The molecule has 1 unspecified atom stereocenters. The fraction of sp³-hybridized carbons (Fsp3) is 0.0408. The molecule has 0 N–H and O–H groups in total.